The Hall–Kier alpha value is -1.67. The molecule has 1 aliphatic carbocycles. The van der Waals surface area contributed by atoms with Crippen LogP contribution < -0.4 is 4.72 Å². The number of rotatable bonds is 4. The van der Waals surface area contributed by atoms with E-state index in [1.165, 1.54) is 19.2 Å². The Bertz CT molecular complexity index is 705. The molecule has 1 aromatic heterocycles. The number of esters is 1. The highest BCUT2D eigenvalue weighted by atomic mass is 32.2. The first-order valence-corrected chi connectivity index (χ1v) is 9.05. The third kappa shape index (κ3) is 3.56. The molecule has 1 aliphatic rings. The van der Waals surface area contributed by atoms with Gasteiger partial charge < -0.3 is 4.74 Å². The number of carbonyl (C=O) groups is 2. The van der Waals surface area contributed by atoms with Crippen LogP contribution >= 0.6 is 11.3 Å². The molecule has 0 spiro atoms. The summed E-state index contributed by atoms with van der Waals surface area (Å²) in [6, 6.07) is 2.65. The van der Waals surface area contributed by atoms with Crippen LogP contribution in [0.1, 0.15) is 29.4 Å². The van der Waals surface area contributed by atoms with E-state index in [-0.39, 0.29) is 20.9 Å². The highest BCUT2D eigenvalue weighted by Gasteiger charge is 2.30. The second-order valence-corrected chi connectivity index (χ2v) is 8.10. The first-order chi connectivity index (χ1) is 10.3. The number of ether oxygens (including phenoxy) is 1. The summed E-state index contributed by atoms with van der Waals surface area (Å²) in [7, 11) is -2.75. The number of thiophene rings is 1. The minimum Gasteiger partial charge on any atom is -0.465 e. The summed E-state index contributed by atoms with van der Waals surface area (Å²) in [6.07, 6.45) is 5.16. The summed E-state index contributed by atoms with van der Waals surface area (Å²) in [6.45, 7) is 1.92. The van der Waals surface area contributed by atoms with Gasteiger partial charge in [-0.25, -0.2) is 17.9 Å². The van der Waals surface area contributed by atoms with Crippen LogP contribution in [-0.4, -0.2) is 27.4 Å². The molecule has 1 N–H and O–H groups in total. The number of sulfonamides is 1. The van der Waals surface area contributed by atoms with Crippen LogP contribution in [0.25, 0.3) is 0 Å². The van der Waals surface area contributed by atoms with Crippen molar-refractivity contribution in [1.29, 1.82) is 0 Å². The summed E-state index contributed by atoms with van der Waals surface area (Å²) in [4.78, 5) is 23.7. The predicted molar refractivity (Wildman–Crippen MR) is 82.0 cm³/mol. The maximum absolute atomic E-state index is 12.2. The van der Waals surface area contributed by atoms with Crippen molar-refractivity contribution in [3.63, 3.8) is 0 Å². The Balaban J connectivity index is 2.13. The molecular formula is C14H17NO5S2. The zero-order valence-electron chi connectivity index (χ0n) is 12.2. The number of hydrogen-bond donors (Lipinski definition) is 1. The molecular weight excluding hydrogens is 326 g/mol. The number of nitrogens with one attached hydrogen (secondary N) is 1. The van der Waals surface area contributed by atoms with Gasteiger partial charge in [0.05, 0.1) is 7.11 Å². The molecule has 0 aromatic carbocycles. The second kappa shape index (κ2) is 6.62. The van der Waals surface area contributed by atoms with E-state index >= 15 is 0 Å². The Labute approximate surface area is 133 Å². The lowest BCUT2D eigenvalue weighted by atomic mass is 9.84. The lowest BCUT2D eigenvalue weighted by molar-refractivity contribution is -0.124. The van der Waals surface area contributed by atoms with Crippen LogP contribution in [0.5, 0.6) is 0 Å². The third-order valence-electron chi connectivity index (χ3n) is 3.56. The second-order valence-electron chi connectivity index (χ2n) is 5.11. The van der Waals surface area contributed by atoms with E-state index < -0.39 is 21.9 Å². The molecule has 22 heavy (non-hydrogen) atoms. The van der Waals surface area contributed by atoms with Crippen LogP contribution in [-0.2, 0) is 19.6 Å². The van der Waals surface area contributed by atoms with Gasteiger partial charge in [0.1, 0.15) is 9.09 Å². The standard InChI is InChI=1S/C14H17NO5S2/c1-9-5-3-4-6-10(9)13(16)15-22(18,19)12-8-7-11(21-12)14(17)20-2/h3-4,7-10H,5-6H2,1-2H3,(H,15,16)/t9-,10-/m1/s1. The van der Waals surface area contributed by atoms with Gasteiger partial charge in [-0.2, -0.15) is 0 Å². The molecule has 0 fully saturated rings. The van der Waals surface area contributed by atoms with Crippen LogP contribution in [0.4, 0.5) is 0 Å². The van der Waals surface area contributed by atoms with Gasteiger partial charge in [-0.15, -0.1) is 11.3 Å². The van der Waals surface area contributed by atoms with E-state index in [1.807, 2.05) is 19.1 Å². The maximum atomic E-state index is 12.2. The number of amides is 1. The molecule has 6 nitrogen and oxygen atoms in total. The fraction of sp³-hybridized carbons (Fsp3) is 0.429. The minimum absolute atomic E-state index is 0.0831. The monoisotopic (exact) mass is 343 g/mol. The van der Waals surface area contributed by atoms with Crippen LogP contribution in [0, 0.1) is 11.8 Å². The Kier molecular flexibility index (Phi) is 5.02. The van der Waals surface area contributed by atoms with Gasteiger partial charge in [0, 0.05) is 5.92 Å². The minimum atomic E-state index is -3.97. The topological polar surface area (TPSA) is 89.5 Å². The highest BCUT2D eigenvalue weighted by Crippen LogP contribution is 2.27. The van der Waals surface area contributed by atoms with Crippen LogP contribution in [0.3, 0.4) is 0 Å². The van der Waals surface area contributed by atoms with Gasteiger partial charge in [0.2, 0.25) is 5.91 Å². The SMILES string of the molecule is COC(=O)c1ccc(S(=O)(=O)NC(=O)[C@@H]2CC=CC[C@H]2C)s1. The normalized spacial score (nSPS) is 21.4. The fourth-order valence-electron chi connectivity index (χ4n) is 2.25. The van der Waals surface area contributed by atoms with E-state index in [0.717, 1.165) is 17.8 Å². The van der Waals surface area contributed by atoms with Crippen molar-refractivity contribution in [3.8, 4) is 0 Å². The molecule has 2 atom stereocenters. The number of methoxy groups -OCH3 is 1. The first-order valence-electron chi connectivity index (χ1n) is 6.75. The molecule has 2 rings (SSSR count). The van der Waals surface area contributed by atoms with E-state index in [9.17, 15) is 18.0 Å². The Morgan fingerprint density at radius 2 is 1.95 bits per heavy atom. The molecule has 0 saturated heterocycles. The average Bonchev–Trinajstić information content (AvgIpc) is 2.97. The number of allylic oxidation sites excluding steroid dienone is 2. The molecule has 0 bridgehead atoms. The molecule has 120 valence electrons. The number of hydrogen-bond acceptors (Lipinski definition) is 6. The number of carbonyl (C=O) groups excluding carboxylic acids is 2. The predicted octanol–water partition coefficient (Wildman–Crippen LogP) is 1.94. The summed E-state index contributed by atoms with van der Waals surface area (Å²) in [5, 5.41) is 0. The maximum Gasteiger partial charge on any atom is 0.348 e. The zero-order chi connectivity index (χ0) is 16.3. The highest BCUT2D eigenvalue weighted by molar-refractivity contribution is 7.92. The van der Waals surface area contributed by atoms with Crippen molar-refractivity contribution in [2.75, 3.05) is 7.11 Å². The average molecular weight is 343 g/mol. The summed E-state index contributed by atoms with van der Waals surface area (Å²) in [5.74, 6) is -1.39. The van der Waals surface area contributed by atoms with E-state index in [0.29, 0.717) is 6.42 Å². The van der Waals surface area contributed by atoms with Gasteiger partial charge in [-0.05, 0) is 30.9 Å². The molecule has 0 saturated carbocycles. The van der Waals surface area contributed by atoms with Crippen molar-refractivity contribution in [1.82, 2.24) is 4.72 Å². The molecule has 1 amide bonds. The largest absolute Gasteiger partial charge is 0.465 e. The molecule has 0 aliphatic heterocycles. The lowest BCUT2D eigenvalue weighted by Gasteiger charge is -2.23. The van der Waals surface area contributed by atoms with Crippen LogP contribution in [0.15, 0.2) is 28.5 Å². The quantitative estimate of drug-likeness (QED) is 0.666. The third-order valence-corrected chi connectivity index (χ3v) is 6.46. The van der Waals surface area contributed by atoms with Crippen molar-refractivity contribution in [2.24, 2.45) is 11.8 Å². The first kappa shape index (κ1) is 16.7. The smallest absolute Gasteiger partial charge is 0.348 e. The van der Waals surface area contributed by atoms with E-state index in [1.54, 1.807) is 0 Å². The zero-order valence-corrected chi connectivity index (χ0v) is 13.9. The molecule has 0 unspecified atom stereocenters. The van der Waals surface area contributed by atoms with Crippen molar-refractivity contribution < 1.29 is 22.7 Å². The molecule has 0 radical (unpaired) electrons. The fourth-order valence-corrected chi connectivity index (χ4v) is 4.50. The van der Waals surface area contributed by atoms with Crippen molar-refractivity contribution in [2.45, 2.75) is 24.0 Å². The van der Waals surface area contributed by atoms with Crippen molar-refractivity contribution >= 4 is 33.2 Å². The molecule has 1 aromatic rings. The van der Waals surface area contributed by atoms with Crippen molar-refractivity contribution in [3.05, 3.63) is 29.2 Å². The molecule has 8 heteroatoms. The summed E-state index contributed by atoms with van der Waals surface area (Å²) >= 11 is 0.771. The van der Waals surface area contributed by atoms with Gasteiger partial charge in [-0.1, -0.05) is 19.1 Å². The summed E-state index contributed by atoms with van der Waals surface area (Å²) < 4.78 is 31.0. The Morgan fingerprint density at radius 1 is 1.27 bits per heavy atom. The van der Waals surface area contributed by atoms with Gasteiger partial charge in [-0.3, -0.25) is 4.79 Å². The lowest BCUT2D eigenvalue weighted by Crippen LogP contribution is -2.38. The van der Waals surface area contributed by atoms with Gasteiger partial charge in [0.15, 0.2) is 0 Å². The van der Waals surface area contributed by atoms with E-state index in [4.69, 9.17) is 0 Å². The Morgan fingerprint density at radius 3 is 2.59 bits per heavy atom. The van der Waals surface area contributed by atoms with E-state index in [2.05, 4.69) is 9.46 Å². The molecule has 1 heterocycles. The van der Waals surface area contributed by atoms with Crippen LogP contribution in [0.2, 0.25) is 0 Å². The van der Waals surface area contributed by atoms with Gasteiger partial charge in [0.25, 0.3) is 10.0 Å². The van der Waals surface area contributed by atoms with Gasteiger partial charge >= 0.3 is 5.97 Å². The summed E-state index contributed by atoms with van der Waals surface area (Å²) in [5.41, 5.74) is 0.